The smallest absolute Gasteiger partial charge is 0.0981 e. The molecule has 0 spiro atoms. The van der Waals surface area contributed by atoms with E-state index in [1.54, 1.807) is 0 Å². The maximum absolute atomic E-state index is 10.0. The van der Waals surface area contributed by atoms with E-state index in [4.69, 9.17) is 0 Å². The minimum atomic E-state index is -0.204. The SMILES string of the molecule is CC1(C)CC(C(C)(C)C2=CC=C(O)C(C)(C)C2)=CC=C1O. The van der Waals surface area contributed by atoms with Crippen molar-refractivity contribution in [2.24, 2.45) is 16.2 Å². The predicted molar refractivity (Wildman–Crippen MR) is 88.2 cm³/mol. The van der Waals surface area contributed by atoms with Crippen molar-refractivity contribution in [2.75, 3.05) is 0 Å². The normalized spacial score (nSPS) is 24.7. The average Bonchev–Trinajstić information content (AvgIpc) is 2.35. The molecule has 0 fully saturated rings. The van der Waals surface area contributed by atoms with Crippen LogP contribution in [-0.2, 0) is 0 Å². The van der Waals surface area contributed by atoms with Gasteiger partial charge in [0.1, 0.15) is 0 Å². The largest absolute Gasteiger partial charge is 0.512 e. The van der Waals surface area contributed by atoms with Crippen molar-refractivity contribution in [3.8, 4) is 0 Å². The second-order valence-electron chi connectivity index (χ2n) is 8.23. The standard InChI is InChI=1S/C19H28O2/c1-17(2)11-13(7-9-15(17)20)19(5,6)14-8-10-16(21)18(3,4)12-14/h7-10,20-21H,11-12H2,1-6H3. The van der Waals surface area contributed by atoms with E-state index < -0.39 is 0 Å². The van der Waals surface area contributed by atoms with Crippen molar-refractivity contribution in [1.82, 2.24) is 0 Å². The molecule has 21 heavy (non-hydrogen) atoms. The van der Waals surface area contributed by atoms with Crippen LogP contribution in [0.4, 0.5) is 0 Å². The van der Waals surface area contributed by atoms with E-state index in [2.05, 4.69) is 53.7 Å². The van der Waals surface area contributed by atoms with Gasteiger partial charge in [-0.1, -0.05) is 64.8 Å². The van der Waals surface area contributed by atoms with Gasteiger partial charge in [0.2, 0.25) is 0 Å². The molecule has 2 N–H and O–H groups in total. The molecule has 0 aromatic heterocycles. The second kappa shape index (κ2) is 4.79. The average molecular weight is 288 g/mol. The van der Waals surface area contributed by atoms with Crippen molar-refractivity contribution in [3.05, 3.63) is 47.0 Å². The molecule has 0 saturated carbocycles. The van der Waals surface area contributed by atoms with Gasteiger partial charge in [-0.3, -0.25) is 0 Å². The lowest BCUT2D eigenvalue weighted by atomic mass is 9.64. The van der Waals surface area contributed by atoms with E-state index in [9.17, 15) is 10.2 Å². The lowest BCUT2D eigenvalue weighted by molar-refractivity contribution is 0.228. The molecule has 0 aromatic carbocycles. The highest BCUT2D eigenvalue weighted by atomic mass is 16.3. The van der Waals surface area contributed by atoms with Gasteiger partial charge in [-0.2, -0.15) is 0 Å². The Morgan fingerprint density at radius 3 is 1.38 bits per heavy atom. The Bertz CT molecular complexity index is 516. The third-order valence-electron chi connectivity index (χ3n) is 5.14. The molecule has 2 aliphatic carbocycles. The lowest BCUT2D eigenvalue weighted by Crippen LogP contribution is -2.30. The molecule has 0 aliphatic heterocycles. The molecule has 0 unspecified atom stereocenters. The number of aliphatic hydroxyl groups is 2. The van der Waals surface area contributed by atoms with Gasteiger partial charge in [0.25, 0.3) is 0 Å². The Balaban J connectivity index is 2.36. The zero-order valence-electron chi connectivity index (χ0n) is 14.1. The summed E-state index contributed by atoms with van der Waals surface area (Å²) in [6.45, 7) is 12.8. The third kappa shape index (κ3) is 2.81. The van der Waals surface area contributed by atoms with Gasteiger partial charge in [-0.15, -0.1) is 0 Å². The maximum Gasteiger partial charge on any atom is 0.0981 e. The summed E-state index contributed by atoms with van der Waals surface area (Å²) in [5.74, 6) is 0.912. The summed E-state index contributed by atoms with van der Waals surface area (Å²) in [6.07, 6.45) is 9.51. The van der Waals surface area contributed by atoms with E-state index in [-0.39, 0.29) is 16.2 Å². The first kappa shape index (κ1) is 15.9. The maximum atomic E-state index is 10.0. The molecule has 0 atom stereocenters. The molecular formula is C19H28O2. The van der Waals surface area contributed by atoms with Crippen LogP contribution < -0.4 is 0 Å². The molecule has 0 saturated heterocycles. The summed E-state index contributed by atoms with van der Waals surface area (Å²) in [5.41, 5.74) is 2.20. The van der Waals surface area contributed by atoms with Crippen molar-refractivity contribution in [3.63, 3.8) is 0 Å². The summed E-state index contributed by atoms with van der Waals surface area (Å²) < 4.78 is 0. The van der Waals surface area contributed by atoms with E-state index in [1.165, 1.54) is 11.1 Å². The number of hydrogen-bond donors (Lipinski definition) is 2. The molecule has 0 bridgehead atoms. The van der Waals surface area contributed by atoms with Gasteiger partial charge in [-0.05, 0) is 25.0 Å². The summed E-state index contributed by atoms with van der Waals surface area (Å²) >= 11 is 0. The molecule has 0 amide bonds. The van der Waals surface area contributed by atoms with Crippen molar-refractivity contribution < 1.29 is 10.2 Å². The fraction of sp³-hybridized carbons (Fsp3) is 0.579. The molecule has 116 valence electrons. The van der Waals surface area contributed by atoms with Crippen LogP contribution in [0.25, 0.3) is 0 Å². The first-order chi connectivity index (χ1) is 9.47. The van der Waals surface area contributed by atoms with Crippen LogP contribution in [0.5, 0.6) is 0 Å². The molecule has 0 aromatic rings. The van der Waals surface area contributed by atoms with Gasteiger partial charge in [0, 0.05) is 16.2 Å². The quantitative estimate of drug-likeness (QED) is 0.693. The topological polar surface area (TPSA) is 40.5 Å². The van der Waals surface area contributed by atoms with Gasteiger partial charge in [0.05, 0.1) is 11.5 Å². The van der Waals surface area contributed by atoms with Crippen LogP contribution in [0.2, 0.25) is 0 Å². The molecular weight excluding hydrogens is 260 g/mol. The fourth-order valence-corrected chi connectivity index (χ4v) is 3.13. The highest BCUT2D eigenvalue weighted by molar-refractivity contribution is 5.39. The van der Waals surface area contributed by atoms with Crippen LogP contribution in [0.3, 0.4) is 0 Å². The summed E-state index contributed by atoms with van der Waals surface area (Å²) in [4.78, 5) is 0. The van der Waals surface area contributed by atoms with Crippen molar-refractivity contribution in [2.45, 2.75) is 54.4 Å². The molecule has 2 rings (SSSR count). The molecule has 0 radical (unpaired) electrons. The second-order valence-corrected chi connectivity index (χ2v) is 8.23. The van der Waals surface area contributed by atoms with E-state index >= 15 is 0 Å². The van der Waals surface area contributed by atoms with Gasteiger partial charge in [0.15, 0.2) is 0 Å². The first-order valence-corrected chi connectivity index (χ1v) is 7.68. The Morgan fingerprint density at radius 2 is 1.10 bits per heavy atom. The fourth-order valence-electron chi connectivity index (χ4n) is 3.13. The predicted octanol–water partition coefficient (Wildman–Crippen LogP) is 5.61. The minimum Gasteiger partial charge on any atom is -0.512 e. The van der Waals surface area contributed by atoms with Gasteiger partial charge < -0.3 is 10.2 Å². The summed E-state index contributed by atoms with van der Waals surface area (Å²) in [7, 11) is 0. The Labute approximate surface area is 128 Å². The lowest BCUT2D eigenvalue weighted by Gasteiger charge is -2.41. The highest BCUT2D eigenvalue weighted by Crippen LogP contribution is 2.50. The first-order valence-electron chi connectivity index (χ1n) is 7.68. The molecule has 2 nitrogen and oxygen atoms in total. The van der Waals surface area contributed by atoms with E-state index in [0.717, 1.165) is 12.8 Å². The minimum absolute atomic E-state index is 0.0665. The summed E-state index contributed by atoms with van der Waals surface area (Å²) in [5, 5.41) is 20.0. The number of hydrogen-bond acceptors (Lipinski definition) is 2. The van der Waals surface area contributed by atoms with E-state index in [0.29, 0.717) is 11.5 Å². The highest BCUT2D eigenvalue weighted by Gasteiger charge is 2.38. The van der Waals surface area contributed by atoms with Gasteiger partial charge >= 0.3 is 0 Å². The van der Waals surface area contributed by atoms with E-state index in [1.807, 2.05) is 12.2 Å². The van der Waals surface area contributed by atoms with Crippen LogP contribution >= 0.6 is 0 Å². The monoisotopic (exact) mass is 288 g/mol. The molecule has 2 heteroatoms. The Morgan fingerprint density at radius 1 is 0.762 bits per heavy atom. The zero-order valence-corrected chi connectivity index (χ0v) is 14.1. The van der Waals surface area contributed by atoms with Gasteiger partial charge in [-0.25, -0.2) is 0 Å². The van der Waals surface area contributed by atoms with Crippen LogP contribution in [0.15, 0.2) is 47.0 Å². The molecule has 2 aliphatic rings. The number of allylic oxidation sites excluding steroid dienone is 8. The van der Waals surface area contributed by atoms with Crippen LogP contribution in [0, 0.1) is 16.2 Å². The number of aliphatic hydroxyl groups excluding tert-OH is 2. The Hall–Kier alpha value is -1.44. The Kier molecular flexibility index (Phi) is 3.64. The van der Waals surface area contributed by atoms with Crippen LogP contribution in [-0.4, -0.2) is 10.2 Å². The third-order valence-corrected chi connectivity index (χ3v) is 5.14. The zero-order chi connectivity index (χ0) is 16.1. The van der Waals surface area contributed by atoms with Crippen molar-refractivity contribution in [1.29, 1.82) is 0 Å². The van der Waals surface area contributed by atoms with Crippen molar-refractivity contribution >= 4 is 0 Å². The summed E-state index contributed by atoms with van der Waals surface area (Å²) in [6, 6.07) is 0. The van der Waals surface area contributed by atoms with Crippen LogP contribution in [0.1, 0.15) is 54.4 Å². The molecule has 0 heterocycles. The number of rotatable bonds is 2.